The maximum atomic E-state index is 4.39. The highest BCUT2D eigenvalue weighted by atomic mass is 79.9. The Morgan fingerprint density at radius 2 is 2.18 bits per heavy atom. The van der Waals surface area contributed by atoms with Crippen LogP contribution in [-0.4, -0.2) is 11.5 Å². The van der Waals surface area contributed by atoms with Crippen molar-refractivity contribution in [1.29, 1.82) is 0 Å². The third kappa shape index (κ3) is 3.98. The minimum atomic E-state index is 0.974. The van der Waals surface area contributed by atoms with Crippen molar-refractivity contribution in [3.05, 3.63) is 22.3 Å². The molecule has 1 aromatic heterocycles. The molecule has 2 nitrogen and oxygen atoms in total. The van der Waals surface area contributed by atoms with E-state index in [1.807, 2.05) is 6.20 Å². The molecule has 1 aliphatic rings. The van der Waals surface area contributed by atoms with Crippen LogP contribution >= 0.6 is 15.9 Å². The average molecular weight is 297 g/mol. The van der Waals surface area contributed by atoms with Crippen molar-refractivity contribution in [2.24, 2.45) is 5.92 Å². The summed E-state index contributed by atoms with van der Waals surface area (Å²) in [5, 5.41) is 3.41. The maximum absolute atomic E-state index is 4.39. The molecule has 0 unspecified atom stereocenters. The zero-order chi connectivity index (χ0) is 12.1. The van der Waals surface area contributed by atoms with Gasteiger partial charge in [0.05, 0.1) is 4.47 Å². The predicted octanol–water partition coefficient (Wildman–Crippen LogP) is 4.53. The standard InChI is InChI=1S/C14H21BrN2/c1-11-9-13(15)14(17-10-11)16-8-4-7-12-5-2-3-6-12/h9-10,12H,2-8H2,1H3,(H,16,17). The molecule has 0 amide bonds. The lowest BCUT2D eigenvalue weighted by molar-refractivity contribution is 0.491. The number of rotatable bonds is 5. The molecule has 0 aliphatic heterocycles. The Labute approximate surface area is 112 Å². The van der Waals surface area contributed by atoms with Crippen molar-refractivity contribution in [3.8, 4) is 0 Å². The van der Waals surface area contributed by atoms with Crippen LogP contribution in [0.5, 0.6) is 0 Å². The van der Waals surface area contributed by atoms with Crippen LogP contribution in [0.3, 0.4) is 0 Å². The summed E-state index contributed by atoms with van der Waals surface area (Å²) in [5.74, 6) is 1.97. The van der Waals surface area contributed by atoms with Crippen LogP contribution < -0.4 is 5.32 Å². The number of halogens is 1. The van der Waals surface area contributed by atoms with Crippen molar-refractivity contribution in [2.45, 2.75) is 45.4 Å². The summed E-state index contributed by atoms with van der Waals surface area (Å²) in [4.78, 5) is 4.39. The lowest BCUT2D eigenvalue weighted by atomic mass is 10.0. The Morgan fingerprint density at radius 3 is 2.88 bits per heavy atom. The molecule has 0 aromatic carbocycles. The number of hydrogen-bond donors (Lipinski definition) is 1. The predicted molar refractivity (Wildman–Crippen MR) is 76.4 cm³/mol. The molecular weight excluding hydrogens is 276 g/mol. The molecule has 1 aromatic rings. The van der Waals surface area contributed by atoms with Crippen molar-refractivity contribution in [2.75, 3.05) is 11.9 Å². The smallest absolute Gasteiger partial charge is 0.140 e. The highest BCUT2D eigenvalue weighted by Gasteiger charge is 2.13. The van der Waals surface area contributed by atoms with Gasteiger partial charge >= 0.3 is 0 Å². The third-order valence-electron chi connectivity index (χ3n) is 3.53. The van der Waals surface area contributed by atoms with E-state index in [1.165, 1.54) is 44.1 Å². The van der Waals surface area contributed by atoms with Gasteiger partial charge in [0.2, 0.25) is 0 Å². The molecule has 1 heterocycles. The molecule has 3 heteroatoms. The molecule has 1 aliphatic carbocycles. The first-order valence-electron chi connectivity index (χ1n) is 6.62. The Bertz CT molecular complexity index is 359. The number of aryl methyl sites for hydroxylation is 1. The third-order valence-corrected chi connectivity index (χ3v) is 4.14. The number of aromatic nitrogens is 1. The topological polar surface area (TPSA) is 24.9 Å². The van der Waals surface area contributed by atoms with Crippen molar-refractivity contribution < 1.29 is 0 Å². The number of anilines is 1. The Kier molecular flexibility index (Phi) is 4.84. The van der Waals surface area contributed by atoms with Gasteiger partial charge in [-0.3, -0.25) is 0 Å². The monoisotopic (exact) mass is 296 g/mol. The van der Waals surface area contributed by atoms with E-state index >= 15 is 0 Å². The van der Waals surface area contributed by atoms with Crippen molar-refractivity contribution in [3.63, 3.8) is 0 Å². The van der Waals surface area contributed by atoms with E-state index < -0.39 is 0 Å². The molecule has 1 N–H and O–H groups in total. The van der Waals surface area contributed by atoms with Gasteiger partial charge in [0.1, 0.15) is 5.82 Å². The van der Waals surface area contributed by atoms with E-state index in [9.17, 15) is 0 Å². The van der Waals surface area contributed by atoms with Crippen LogP contribution in [0, 0.1) is 12.8 Å². The van der Waals surface area contributed by atoms with Crippen LogP contribution in [0.15, 0.2) is 16.7 Å². The molecule has 0 bridgehead atoms. The largest absolute Gasteiger partial charge is 0.369 e. The molecule has 1 fully saturated rings. The van der Waals surface area contributed by atoms with Gasteiger partial charge in [0.25, 0.3) is 0 Å². The fraction of sp³-hybridized carbons (Fsp3) is 0.643. The van der Waals surface area contributed by atoms with Crippen molar-refractivity contribution in [1.82, 2.24) is 4.98 Å². The van der Waals surface area contributed by atoms with Crippen LogP contribution in [-0.2, 0) is 0 Å². The van der Waals surface area contributed by atoms with Crippen LogP contribution in [0.25, 0.3) is 0 Å². The first kappa shape index (κ1) is 12.9. The SMILES string of the molecule is Cc1cnc(NCCCC2CCCC2)c(Br)c1. The molecule has 17 heavy (non-hydrogen) atoms. The Morgan fingerprint density at radius 1 is 1.41 bits per heavy atom. The number of nitrogens with zero attached hydrogens (tertiary/aromatic N) is 1. The van der Waals surface area contributed by atoms with Crippen LogP contribution in [0.2, 0.25) is 0 Å². The van der Waals surface area contributed by atoms with E-state index in [2.05, 4.69) is 39.2 Å². The molecule has 1 saturated carbocycles. The molecule has 0 spiro atoms. The summed E-state index contributed by atoms with van der Waals surface area (Å²) in [6, 6.07) is 2.10. The summed E-state index contributed by atoms with van der Waals surface area (Å²) in [5.41, 5.74) is 1.19. The number of nitrogens with one attached hydrogen (secondary N) is 1. The fourth-order valence-corrected chi connectivity index (χ4v) is 3.16. The van der Waals surface area contributed by atoms with Gasteiger partial charge in [0, 0.05) is 12.7 Å². The molecule has 0 atom stereocenters. The Hall–Kier alpha value is -0.570. The van der Waals surface area contributed by atoms with Gasteiger partial charge in [-0.15, -0.1) is 0 Å². The second-order valence-corrected chi connectivity index (χ2v) is 5.92. The number of hydrogen-bond acceptors (Lipinski definition) is 2. The summed E-state index contributed by atoms with van der Waals surface area (Å²) < 4.78 is 1.07. The summed E-state index contributed by atoms with van der Waals surface area (Å²) in [6.07, 6.45) is 10.3. The molecular formula is C14H21BrN2. The highest BCUT2D eigenvalue weighted by Crippen LogP contribution is 2.28. The lowest BCUT2D eigenvalue weighted by Gasteiger charge is -2.10. The van der Waals surface area contributed by atoms with E-state index in [1.54, 1.807) is 0 Å². The van der Waals surface area contributed by atoms with Gasteiger partial charge in [-0.1, -0.05) is 25.7 Å². The quantitative estimate of drug-likeness (QED) is 0.807. The maximum Gasteiger partial charge on any atom is 0.140 e. The summed E-state index contributed by atoms with van der Waals surface area (Å²) in [6.45, 7) is 3.09. The number of pyridine rings is 1. The molecule has 2 rings (SSSR count). The summed E-state index contributed by atoms with van der Waals surface area (Å²) in [7, 11) is 0. The fourth-order valence-electron chi connectivity index (χ4n) is 2.56. The Balaban J connectivity index is 1.70. The van der Waals surface area contributed by atoms with Crippen LogP contribution in [0.1, 0.15) is 44.1 Å². The minimum Gasteiger partial charge on any atom is -0.369 e. The van der Waals surface area contributed by atoms with Gasteiger partial charge in [0.15, 0.2) is 0 Å². The lowest BCUT2D eigenvalue weighted by Crippen LogP contribution is -2.06. The van der Waals surface area contributed by atoms with E-state index in [-0.39, 0.29) is 0 Å². The minimum absolute atomic E-state index is 0.974. The first-order chi connectivity index (χ1) is 8.25. The molecule has 94 valence electrons. The van der Waals surface area contributed by atoms with Crippen molar-refractivity contribution >= 4 is 21.7 Å². The van der Waals surface area contributed by atoms with Gasteiger partial charge in [-0.25, -0.2) is 4.98 Å². The second kappa shape index (κ2) is 6.39. The zero-order valence-electron chi connectivity index (χ0n) is 10.5. The van der Waals surface area contributed by atoms with Gasteiger partial charge in [-0.2, -0.15) is 0 Å². The van der Waals surface area contributed by atoms with E-state index in [0.717, 1.165) is 22.8 Å². The highest BCUT2D eigenvalue weighted by molar-refractivity contribution is 9.10. The van der Waals surface area contributed by atoms with Crippen LogP contribution in [0.4, 0.5) is 5.82 Å². The molecule has 0 saturated heterocycles. The normalized spacial score (nSPS) is 16.4. The summed E-state index contributed by atoms with van der Waals surface area (Å²) >= 11 is 3.54. The van der Waals surface area contributed by atoms with E-state index in [4.69, 9.17) is 0 Å². The average Bonchev–Trinajstić information content (AvgIpc) is 2.79. The van der Waals surface area contributed by atoms with Gasteiger partial charge in [-0.05, 0) is 53.2 Å². The van der Waals surface area contributed by atoms with E-state index in [0.29, 0.717) is 0 Å². The van der Waals surface area contributed by atoms with Gasteiger partial charge < -0.3 is 5.32 Å². The zero-order valence-corrected chi connectivity index (χ0v) is 12.1. The first-order valence-corrected chi connectivity index (χ1v) is 7.41. The second-order valence-electron chi connectivity index (χ2n) is 5.06. The molecule has 0 radical (unpaired) electrons.